The third-order valence-corrected chi connectivity index (χ3v) is 7.07. The van der Waals surface area contributed by atoms with Crippen LogP contribution in [0.2, 0.25) is 0 Å². The Labute approximate surface area is 202 Å². The number of hydrogen-bond donors (Lipinski definition) is 1. The highest BCUT2D eigenvalue weighted by atomic mass is 16.6. The fourth-order valence-electron chi connectivity index (χ4n) is 5.16. The van der Waals surface area contributed by atoms with Crippen molar-refractivity contribution in [2.45, 2.75) is 70.4 Å². The first-order chi connectivity index (χ1) is 16.7. The fraction of sp³-hybridized carbons (Fsp3) is 0.429. The van der Waals surface area contributed by atoms with Gasteiger partial charge < -0.3 is 14.0 Å². The predicted octanol–water partition coefficient (Wildman–Crippen LogP) is 7.43. The number of carbonyl (C=O) groups is 1. The van der Waals surface area contributed by atoms with Crippen molar-refractivity contribution >= 4 is 22.7 Å². The predicted molar refractivity (Wildman–Crippen MR) is 135 cm³/mol. The summed E-state index contributed by atoms with van der Waals surface area (Å²) < 4.78 is 13.6. The summed E-state index contributed by atoms with van der Waals surface area (Å²) in [5, 5.41) is 13.9. The maximum Gasteiger partial charge on any atom is 0.411 e. The summed E-state index contributed by atoms with van der Waals surface area (Å²) in [7, 11) is 0. The molecule has 3 aromatic rings. The van der Waals surface area contributed by atoms with E-state index >= 15 is 0 Å². The molecule has 6 nitrogen and oxygen atoms in total. The summed E-state index contributed by atoms with van der Waals surface area (Å²) in [4.78, 5) is 12.3. The van der Waals surface area contributed by atoms with Crippen LogP contribution in [-0.2, 0) is 4.74 Å². The van der Waals surface area contributed by atoms with Gasteiger partial charge in [0.05, 0.1) is 23.4 Å². The second kappa shape index (κ2) is 9.80. The third kappa shape index (κ3) is 4.35. The van der Waals surface area contributed by atoms with Gasteiger partial charge in [-0.3, -0.25) is 5.32 Å². The van der Waals surface area contributed by atoms with E-state index in [0.717, 1.165) is 66.4 Å². The molecule has 34 heavy (non-hydrogen) atoms. The van der Waals surface area contributed by atoms with Crippen LogP contribution in [-0.4, -0.2) is 23.4 Å². The molecular formula is C28H33N3O3. The van der Waals surface area contributed by atoms with Crippen molar-refractivity contribution < 1.29 is 15.7 Å². The Morgan fingerprint density at radius 2 is 1.85 bits per heavy atom. The van der Waals surface area contributed by atoms with Gasteiger partial charge in [-0.1, -0.05) is 18.6 Å². The molecule has 2 aliphatic rings. The number of aromatic nitrogens is 1. The molecule has 0 radical (unpaired) electrons. The molecule has 0 spiro atoms. The van der Waals surface area contributed by atoms with E-state index in [1.54, 1.807) is 0 Å². The number of rotatable bonds is 6. The number of ether oxygens (including phenoxy) is 2. The summed E-state index contributed by atoms with van der Waals surface area (Å²) >= 11 is 0. The number of nitrogens with zero attached hydrogens (tertiary/aromatic N) is 2. The summed E-state index contributed by atoms with van der Waals surface area (Å²) in [6, 6.07) is 16.5. The van der Waals surface area contributed by atoms with Crippen molar-refractivity contribution in [3.05, 3.63) is 48.0 Å². The lowest BCUT2D eigenvalue weighted by molar-refractivity contribution is 0.0865. The number of nitrogens with one attached hydrogen (secondary N) is 1. The molecule has 1 N–H and O–H groups in total. The van der Waals surface area contributed by atoms with Gasteiger partial charge >= 0.3 is 6.09 Å². The minimum Gasteiger partial charge on any atom is -0.494 e. The van der Waals surface area contributed by atoms with Crippen LogP contribution >= 0.6 is 0 Å². The van der Waals surface area contributed by atoms with E-state index in [-0.39, 0.29) is 7.53 Å². The molecule has 0 bridgehead atoms. The molecule has 1 amide bonds. The molecule has 5 rings (SSSR count). The van der Waals surface area contributed by atoms with Crippen LogP contribution < -0.4 is 10.1 Å². The average molecular weight is 460 g/mol. The zero-order valence-corrected chi connectivity index (χ0v) is 19.7. The largest absolute Gasteiger partial charge is 0.494 e. The lowest BCUT2D eigenvalue weighted by atomic mass is 9.92. The van der Waals surface area contributed by atoms with Crippen molar-refractivity contribution in [3.8, 4) is 23.1 Å². The molecule has 2 saturated carbocycles. The van der Waals surface area contributed by atoms with Gasteiger partial charge in [0, 0.05) is 24.6 Å². The van der Waals surface area contributed by atoms with E-state index in [9.17, 15) is 10.1 Å². The van der Waals surface area contributed by atoms with E-state index in [1.165, 1.54) is 12.8 Å². The molecule has 0 atom stereocenters. The van der Waals surface area contributed by atoms with Gasteiger partial charge in [-0.25, -0.2) is 4.79 Å². The van der Waals surface area contributed by atoms with Crippen molar-refractivity contribution in [1.82, 2.24) is 4.57 Å². The molecule has 0 saturated heterocycles. The van der Waals surface area contributed by atoms with E-state index < -0.39 is 6.09 Å². The van der Waals surface area contributed by atoms with Crippen LogP contribution in [0.15, 0.2) is 42.5 Å². The number of nitriles is 1. The number of carbonyl (C=O) groups excluding carboxylic acids is 1. The topological polar surface area (TPSA) is 76.3 Å². The smallest absolute Gasteiger partial charge is 0.411 e. The maximum atomic E-state index is 12.3. The van der Waals surface area contributed by atoms with Crippen molar-refractivity contribution in [3.63, 3.8) is 0 Å². The van der Waals surface area contributed by atoms with Crippen LogP contribution in [0.3, 0.4) is 0 Å². The number of amides is 1. The van der Waals surface area contributed by atoms with Crippen LogP contribution in [0, 0.1) is 11.3 Å². The molecule has 6 heteroatoms. The highest BCUT2D eigenvalue weighted by Gasteiger charge is 2.28. The van der Waals surface area contributed by atoms with E-state index in [1.807, 2.05) is 43.3 Å². The van der Waals surface area contributed by atoms with Crippen molar-refractivity contribution in [2.75, 3.05) is 11.9 Å². The Balaban J connectivity index is 0.00000289. The molecule has 178 valence electrons. The normalized spacial score (nSPS) is 16.6. The van der Waals surface area contributed by atoms with Crippen LogP contribution in [0.1, 0.15) is 71.3 Å². The summed E-state index contributed by atoms with van der Waals surface area (Å²) in [5.74, 6) is 0.820. The average Bonchev–Trinajstić information content (AvgIpc) is 3.12. The minimum absolute atomic E-state index is 0. The first-order valence-corrected chi connectivity index (χ1v) is 12.5. The van der Waals surface area contributed by atoms with Gasteiger partial charge in [-0.15, -0.1) is 0 Å². The lowest BCUT2D eigenvalue weighted by Crippen LogP contribution is -2.24. The molecule has 0 unspecified atom stereocenters. The monoisotopic (exact) mass is 459 g/mol. The van der Waals surface area contributed by atoms with Gasteiger partial charge in [0.2, 0.25) is 0 Å². The van der Waals surface area contributed by atoms with E-state index in [2.05, 4.69) is 22.0 Å². The van der Waals surface area contributed by atoms with Gasteiger partial charge in [-0.2, -0.15) is 5.26 Å². The number of anilines is 1. The third-order valence-electron chi connectivity index (χ3n) is 7.07. The Bertz CT molecular complexity index is 1220. The molecule has 2 aromatic carbocycles. The highest BCUT2D eigenvalue weighted by molar-refractivity contribution is 5.96. The Hall–Kier alpha value is -3.46. The van der Waals surface area contributed by atoms with Gasteiger partial charge in [0.15, 0.2) is 0 Å². The van der Waals surface area contributed by atoms with Crippen LogP contribution in [0.5, 0.6) is 5.75 Å². The van der Waals surface area contributed by atoms with Gasteiger partial charge in [0.25, 0.3) is 0 Å². The molecule has 1 heterocycles. The van der Waals surface area contributed by atoms with Crippen LogP contribution in [0.4, 0.5) is 10.5 Å². The quantitative estimate of drug-likeness (QED) is 0.416. The van der Waals surface area contributed by atoms with E-state index in [4.69, 9.17) is 9.47 Å². The molecule has 0 aliphatic heterocycles. The van der Waals surface area contributed by atoms with Gasteiger partial charge in [0.1, 0.15) is 17.9 Å². The molecular weight excluding hydrogens is 426 g/mol. The molecule has 2 aliphatic carbocycles. The molecule has 2 fully saturated rings. The first kappa shape index (κ1) is 22.3. The Kier molecular flexibility index (Phi) is 6.44. The lowest BCUT2D eigenvalue weighted by Gasteiger charge is -2.30. The van der Waals surface area contributed by atoms with Crippen molar-refractivity contribution in [2.24, 2.45) is 0 Å². The number of benzene rings is 2. The molecule has 1 aromatic heterocycles. The Morgan fingerprint density at radius 1 is 1.09 bits per heavy atom. The second-order valence-electron chi connectivity index (χ2n) is 9.27. The number of hydrogen-bond acceptors (Lipinski definition) is 4. The van der Waals surface area contributed by atoms with Gasteiger partial charge in [-0.05, 0) is 81.7 Å². The zero-order chi connectivity index (χ0) is 23.5. The van der Waals surface area contributed by atoms with E-state index in [0.29, 0.717) is 23.9 Å². The maximum absolute atomic E-state index is 12.3. The second-order valence-corrected chi connectivity index (χ2v) is 9.27. The minimum atomic E-state index is -0.399. The first-order valence-electron chi connectivity index (χ1n) is 12.5. The fourth-order valence-corrected chi connectivity index (χ4v) is 5.16. The Morgan fingerprint density at radius 3 is 2.50 bits per heavy atom. The summed E-state index contributed by atoms with van der Waals surface area (Å²) in [6.07, 6.45) is 8.38. The van der Waals surface area contributed by atoms with Crippen LogP contribution in [0.25, 0.3) is 22.2 Å². The number of fused-ring (bicyclic) bond motifs is 1. The summed E-state index contributed by atoms with van der Waals surface area (Å²) in [5.41, 5.74) is 4.31. The SMILES string of the molecule is CCOc1ccc2c(C#N)c(-c3ccc(NC(=O)OC4CCCCC4)cc3)n(C3CCC3)c2c1.[HH]. The zero-order valence-electron chi connectivity index (χ0n) is 19.7. The standard InChI is InChI=1S/C28H31N3O3.H2/c1-2-33-23-15-16-24-25(18-29)27(31(26(24)17-23)21-7-6-8-21)19-11-13-20(14-12-19)30-28(32)34-22-9-4-3-5-10-22;/h11-17,21-22H,2-10H2,1H3,(H,30,32);1H. The summed E-state index contributed by atoms with van der Waals surface area (Å²) in [6.45, 7) is 2.58. The highest BCUT2D eigenvalue weighted by Crippen LogP contribution is 2.43. The van der Waals surface area contributed by atoms with Crippen molar-refractivity contribution in [1.29, 1.82) is 5.26 Å².